The summed E-state index contributed by atoms with van der Waals surface area (Å²) in [6.45, 7) is 0. The first kappa shape index (κ1) is 15.9. The zero-order chi connectivity index (χ0) is 13.4. The van der Waals surface area contributed by atoms with Crippen molar-refractivity contribution < 1.29 is 29.7 Å². The van der Waals surface area contributed by atoms with Crippen LogP contribution in [0.1, 0.15) is 0 Å². The third kappa shape index (κ3) is 7.71. The standard InChI is InChI=1S/C7H12N2O6S2/c8-3(5(10)11)1-16-17-2-4(6(12)13)9-7(14)15/h3-4,9H,1-2,8H2,(H,10,11)(H,12,13)(H,14,15)/t3-,4-/m0/s1. The number of rotatable bonds is 8. The lowest BCUT2D eigenvalue weighted by atomic mass is 10.3. The van der Waals surface area contributed by atoms with Gasteiger partial charge in [0.1, 0.15) is 12.1 Å². The first-order valence-electron chi connectivity index (χ1n) is 4.29. The molecule has 0 aliphatic rings. The molecule has 0 bridgehead atoms. The van der Waals surface area contributed by atoms with E-state index in [9.17, 15) is 14.4 Å². The van der Waals surface area contributed by atoms with Crippen LogP contribution in [0.2, 0.25) is 0 Å². The van der Waals surface area contributed by atoms with Gasteiger partial charge in [0.25, 0.3) is 0 Å². The number of hydrogen-bond acceptors (Lipinski definition) is 6. The summed E-state index contributed by atoms with van der Waals surface area (Å²) in [6, 6.07) is -2.26. The second-order valence-electron chi connectivity index (χ2n) is 2.85. The second-order valence-corrected chi connectivity index (χ2v) is 5.41. The first-order valence-corrected chi connectivity index (χ1v) is 6.78. The van der Waals surface area contributed by atoms with E-state index in [0.29, 0.717) is 0 Å². The van der Waals surface area contributed by atoms with Crippen molar-refractivity contribution in [3.63, 3.8) is 0 Å². The van der Waals surface area contributed by atoms with Crippen molar-refractivity contribution in [1.82, 2.24) is 5.32 Å². The number of aliphatic carboxylic acids is 2. The second kappa shape index (κ2) is 8.03. The molecule has 0 heterocycles. The predicted molar refractivity (Wildman–Crippen MR) is 63.1 cm³/mol. The van der Waals surface area contributed by atoms with E-state index in [4.69, 9.17) is 21.1 Å². The van der Waals surface area contributed by atoms with Gasteiger partial charge < -0.3 is 26.4 Å². The summed E-state index contributed by atoms with van der Waals surface area (Å²) in [5.74, 6) is -2.34. The van der Waals surface area contributed by atoms with Crippen LogP contribution < -0.4 is 11.1 Å². The van der Waals surface area contributed by atoms with Crippen LogP contribution in [0.15, 0.2) is 0 Å². The molecule has 0 spiro atoms. The number of carboxylic acid groups (broad SMARTS) is 3. The van der Waals surface area contributed by atoms with Gasteiger partial charge in [-0.2, -0.15) is 0 Å². The normalized spacial score (nSPS) is 13.7. The molecule has 1 amide bonds. The largest absolute Gasteiger partial charge is 0.480 e. The molecule has 8 nitrogen and oxygen atoms in total. The molecule has 0 aromatic heterocycles. The smallest absolute Gasteiger partial charge is 0.405 e. The maximum absolute atomic E-state index is 10.6. The molecule has 6 N–H and O–H groups in total. The lowest BCUT2D eigenvalue weighted by Gasteiger charge is -2.11. The maximum atomic E-state index is 10.6. The van der Waals surface area contributed by atoms with Gasteiger partial charge in [0.15, 0.2) is 0 Å². The van der Waals surface area contributed by atoms with E-state index in [0.717, 1.165) is 21.6 Å². The lowest BCUT2D eigenvalue weighted by Crippen LogP contribution is -2.41. The fourth-order valence-electron chi connectivity index (χ4n) is 0.633. The molecule has 10 heteroatoms. The summed E-state index contributed by atoms with van der Waals surface area (Å²) in [5.41, 5.74) is 5.21. The minimum absolute atomic E-state index is 0.0152. The molecular formula is C7H12N2O6S2. The van der Waals surface area contributed by atoms with E-state index in [1.54, 1.807) is 0 Å². The summed E-state index contributed by atoms with van der Waals surface area (Å²) in [7, 11) is 2.12. The van der Waals surface area contributed by atoms with Gasteiger partial charge in [-0.05, 0) is 0 Å². The third-order valence-electron chi connectivity index (χ3n) is 1.48. The molecule has 98 valence electrons. The third-order valence-corrected chi connectivity index (χ3v) is 3.93. The SMILES string of the molecule is N[C@@H](CSSC[C@H](NC(=O)O)C(=O)O)C(=O)O. The molecule has 0 unspecified atom stereocenters. The molecule has 0 aromatic carbocycles. The Labute approximate surface area is 104 Å². The van der Waals surface area contributed by atoms with Gasteiger partial charge in [0.05, 0.1) is 0 Å². The van der Waals surface area contributed by atoms with Crippen molar-refractivity contribution in [2.24, 2.45) is 5.73 Å². The molecule has 0 saturated heterocycles. The predicted octanol–water partition coefficient (Wildman–Crippen LogP) is -0.500. The number of amides is 1. The van der Waals surface area contributed by atoms with E-state index in [1.807, 2.05) is 5.32 Å². The Bertz CT molecular complexity index is 300. The van der Waals surface area contributed by atoms with Gasteiger partial charge in [-0.15, -0.1) is 0 Å². The van der Waals surface area contributed by atoms with Crippen LogP contribution in [0, 0.1) is 0 Å². The monoisotopic (exact) mass is 284 g/mol. The summed E-state index contributed by atoms with van der Waals surface area (Å²) < 4.78 is 0. The lowest BCUT2D eigenvalue weighted by molar-refractivity contribution is -0.139. The van der Waals surface area contributed by atoms with Crippen LogP contribution in [0.5, 0.6) is 0 Å². The Morgan fingerprint density at radius 3 is 2.00 bits per heavy atom. The van der Waals surface area contributed by atoms with Gasteiger partial charge in [-0.25, -0.2) is 9.59 Å². The highest BCUT2D eigenvalue weighted by Gasteiger charge is 2.20. The Hall–Kier alpha value is -1.13. The average molecular weight is 284 g/mol. The van der Waals surface area contributed by atoms with E-state index < -0.39 is 30.1 Å². The van der Waals surface area contributed by atoms with Crippen molar-refractivity contribution in [1.29, 1.82) is 0 Å². The van der Waals surface area contributed by atoms with Crippen LogP contribution in [-0.4, -0.2) is 56.9 Å². The maximum Gasteiger partial charge on any atom is 0.405 e. The van der Waals surface area contributed by atoms with Crippen LogP contribution in [0.3, 0.4) is 0 Å². The van der Waals surface area contributed by atoms with Crippen molar-refractivity contribution in [3.8, 4) is 0 Å². The van der Waals surface area contributed by atoms with Gasteiger partial charge in [-0.3, -0.25) is 4.79 Å². The summed E-state index contributed by atoms with van der Waals surface area (Å²) >= 11 is 0. The highest BCUT2D eigenvalue weighted by Crippen LogP contribution is 2.22. The molecular weight excluding hydrogens is 272 g/mol. The van der Waals surface area contributed by atoms with Crippen LogP contribution >= 0.6 is 21.6 Å². The van der Waals surface area contributed by atoms with Crippen LogP contribution in [-0.2, 0) is 9.59 Å². The van der Waals surface area contributed by atoms with E-state index in [1.165, 1.54) is 0 Å². The van der Waals surface area contributed by atoms with Gasteiger partial charge in [0, 0.05) is 11.5 Å². The highest BCUT2D eigenvalue weighted by atomic mass is 33.1. The average Bonchev–Trinajstić information content (AvgIpc) is 2.21. The molecule has 0 saturated carbocycles. The van der Waals surface area contributed by atoms with E-state index >= 15 is 0 Å². The zero-order valence-corrected chi connectivity index (χ0v) is 10.2. The first-order chi connectivity index (χ1) is 7.84. The summed E-state index contributed by atoms with van der Waals surface area (Å²) in [4.78, 5) is 31.2. The van der Waals surface area contributed by atoms with Crippen molar-refractivity contribution in [2.45, 2.75) is 12.1 Å². The van der Waals surface area contributed by atoms with Gasteiger partial charge in [-0.1, -0.05) is 21.6 Å². The minimum atomic E-state index is -1.43. The summed E-state index contributed by atoms with van der Waals surface area (Å²) in [6.07, 6.45) is -1.43. The molecule has 0 radical (unpaired) electrons. The molecule has 17 heavy (non-hydrogen) atoms. The zero-order valence-electron chi connectivity index (χ0n) is 8.53. The Morgan fingerprint density at radius 1 is 1.06 bits per heavy atom. The van der Waals surface area contributed by atoms with E-state index in [2.05, 4.69) is 0 Å². The van der Waals surface area contributed by atoms with Crippen molar-refractivity contribution >= 4 is 39.6 Å². The number of hydrogen-bond donors (Lipinski definition) is 5. The Morgan fingerprint density at radius 2 is 1.59 bits per heavy atom. The number of nitrogens with two attached hydrogens (primary N) is 1. The molecule has 2 atom stereocenters. The van der Waals surface area contributed by atoms with Crippen molar-refractivity contribution in [2.75, 3.05) is 11.5 Å². The van der Waals surface area contributed by atoms with Crippen LogP contribution in [0.25, 0.3) is 0 Å². The number of carboxylic acids is 2. The Kier molecular flexibility index (Phi) is 7.50. The number of carbonyl (C=O) groups is 3. The molecule has 0 aliphatic carbocycles. The van der Waals surface area contributed by atoms with Gasteiger partial charge in [0.2, 0.25) is 0 Å². The van der Waals surface area contributed by atoms with Crippen LogP contribution in [0.4, 0.5) is 4.79 Å². The van der Waals surface area contributed by atoms with Crippen molar-refractivity contribution in [3.05, 3.63) is 0 Å². The van der Waals surface area contributed by atoms with Gasteiger partial charge >= 0.3 is 18.0 Å². The summed E-state index contributed by atoms with van der Waals surface area (Å²) in [5, 5.41) is 27.3. The molecule has 0 rings (SSSR count). The quantitative estimate of drug-likeness (QED) is 0.293. The molecule has 0 aliphatic heterocycles. The fourth-order valence-corrected chi connectivity index (χ4v) is 2.90. The Balaban J connectivity index is 3.87. The molecule has 0 aromatic rings. The fraction of sp³-hybridized carbons (Fsp3) is 0.571. The topological polar surface area (TPSA) is 150 Å². The minimum Gasteiger partial charge on any atom is -0.480 e. The van der Waals surface area contributed by atoms with E-state index in [-0.39, 0.29) is 11.5 Å². The number of nitrogens with one attached hydrogen (secondary N) is 1. The highest BCUT2D eigenvalue weighted by molar-refractivity contribution is 8.76. The molecule has 0 fully saturated rings.